The molecule has 2 aromatic carbocycles. The van der Waals surface area contributed by atoms with E-state index in [2.05, 4.69) is 11.9 Å². The number of nitrogens with zero attached hydrogens (tertiary/aromatic N) is 1. The molecule has 2 rings (SSSR count). The molecular weight excluding hydrogens is 250 g/mol. The van der Waals surface area contributed by atoms with Crippen LogP contribution >= 0.6 is 0 Å². The van der Waals surface area contributed by atoms with Gasteiger partial charge >= 0.3 is 0 Å². The van der Waals surface area contributed by atoms with Crippen LogP contribution in [0, 0.1) is 0 Å². The number of ether oxygens (including phenoxy) is 1. The lowest BCUT2D eigenvalue weighted by molar-refractivity contribution is -0.267. The van der Waals surface area contributed by atoms with Gasteiger partial charge in [-0.2, -0.15) is 0 Å². The van der Waals surface area contributed by atoms with Gasteiger partial charge in [0.2, 0.25) is 0 Å². The molecular formula is C17H18NO2-. The van der Waals surface area contributed by atoms with Gasteiger partial charge in [-0.25, -0.2) is 0 Å². The third-order valence-electron chi connectivity index (χ3n) is 2.86. The molecule has 0 spiro atoms. The molecule has 0 aliphatic carbocycles. The van der Waals surface area contributed by atoms with E-state index in [0.29, 0.717) is 5.69 Å². The average Bonchev–Trinajstić information content (AvgIpc) is 2.48. The van der Waals surface area contributed by atoms with Gasteiger partial charge in [-0.15, -0.1) is 0 Å². The lowest BCUT2D eigenvalue weighted by Gasteiger charge is -2.08. The highest BCUT2D eigenvalue weighted by Gasteiger charge is 1.94. The topological polar surface area (TPSA) is 44.6 Å². The van der Waals surface area contributed by atoms with E-state index in [0.717, 1.165) is 30.8 Å². The smallest absolute Gasteiger partial charge is 0.119 e. The monoisotopic (exact) mass is 268 g/mol. The molecule has 0 atom stereocenters. The summed E-state index contributed by atoms with van der Waals surface area (Å²) in [5.74, 6) is 0.795. The molecule has 0 saturated heterocycles. The van der Waals surface area contributed by atoms with Crippen LogP contribution in [0.25, 0.3) is 0 Å². The van der Waals surface area contributed by atoms with Crippen LogP contribution in [-0.2, 0) is 0 Å². The SMILES string of the molecule is CCCCOc1ccc(C=Nc2ccccc2[O-])cc1. The summed E-state index contributed by atoms with van der Waals surface area (Å²) >= 11 is 0. The van der Waals surface area contributed by atoms with Crippen LogP contribution in [-0.4, -0.2) is 12.8 Å². The highest BCUT2D eigenvalue weighted by atomic mass is 16.5. The number of hydrogen-bond donors (Lipinski definition) is 0. The number of para-hydroxylation sites is 2. The van der Waals surface area contributed by atoms with Gasteiger partial charge in [-0.05, 0) is 42.3 Å². The van der Waals surface area contributed by atoms with Crippen molar-refractivity contribution >= 4 is 11.9 Å². The van der Waals surface area contributed by atoms with Crippen molar-refractivity contribution in [3.8, 4) is 11.5 Å². The zero-order chi connectivity index (χ0) is 14.2. The molecule has 0 bridgehead atoms. The Bertz CT molecular complexity index is 561. The van der Waals surface area contributed by atoms with Crippen molar-refractivity contribution in [1.82, 2.24) is 0 Å². The fourth-order valence-corrected chi connectivity index (χ4v) is 1.69. The minimum atomic E-state index is -0.0664. The van der Waals surface area contributed by atoms with Crippen LogP contribution in [0.3, 0.4) is 0 Å². The predicted octanol–water partition coefficient (Wildman–Crippen LogP) is 3.69. The Balaban J connectivity index is 1.98. The van der Waals surface area contributed by atoms with Crippen molar-refractivity contribution in [2.24, 2.45) is 4.99 Å². The molecule has 0 aliphatic rings. The molecule has 3 nitrogen and oxygen atoms in total. The second-order valence-corrected chi connectivity index (χ2v) is 4.50. The third-order valence-corrected chi connectivity index (χ3v) is 2.86. The van der Waals surface area contributed by atoms with E-state index in [1.54, 1.807) is 24.4 Å². The summed E-state index contributed by atoms with van der Waals surface area (Å²) in [6.07, 6.45) is 3.87. The summed E-state index contributed by atoms with van der Waals surface area (Å²) in [7, 11) is 0. The molecule has 0 amide bonds. The van der Waals surface area contributed by atoms with Gasteiger partial charge < -0.3 is 9.84 Å². The molecule has 0 aromatic heterocycles. The van der Waals surface area contributed by atoms with Gasteiger partial charge in [0.1, 0.15) is 5.75 Å². The maximum absolute atomic E-state index is 11.5. The summed E-state index contributed by atoms with van der Waals surface area (Å²) in [6, 6.07) is 14.4. The van der Waals surface area contributed by atoms with Gasteiger partial charge in [-0.1, -0.05) is 37.3 Å². The summed E-state index contributed by atoms with van der Waals surface area (Å²) in [5.41, 5.74) is 1.40. The maximum atomic E-state index is 11.5. The predicted molar refractivity (Wildman–Crippen MR) is 80.0 cm³/mol. The normalized spacial score (nSPS) is 10.8. The quantitative estimate of drug-likeness (QED) is 0.592. The van der Waals surface area contributed by atoms with Crippen LogP contribution in [0.1, 0.15) is 25.3 Å². The number of unbranched alkanes of at least 4 members (excludes halogenated alkanes) is 1. The van der Waals surface area contributed by atoms with Gasteiger partial charge in [0.25, 0.3) is 0 Å². The lowest BCUT2D eigenvalue weighted by atomic mass is 10.2. The highest BCUT2D eigenvalue weighted by molar-refractivity contribution is 5.82. The van der Waals surface area contributed by atoms with Gasteiger partial charge in [0.15, 0.2) is 0 Å². The Hall–Kier alpha value is -2.29. The van der Waals surface area contributed by atoms with E-state index in [4.69, 9.17) is 4.74 Å². The first-order valence-corrected chi connectivity index (χ1v) is 6.82. The first kappa shape index (κ1) is 14.1. The molecule has 0 heterocycles. The Labute approximate surface area is 119 Å². The van der Waals surface area contributed by atoms with Crippen molar-refractivity contribution in [1.29, 1.82) is 0 Å². The Morgan fingerprint density at radius 3 is 2.55 bits per heavy atom. The minimum absolute atomic E-state index is 0.0664. The Morgan fingerprint density at radius 1 is 1.10 bits per heavy atom. The summed E-state index contributed by atoms with van der Waals surface area (Å²) in [6.45, 7) is 2.88. The fraction of sp³-hybridized carbons (Fsp3) is 0.235. The Morgan fingerprint density at radius 2 is 1.85 bits per heavy atom. The molecule has 0 aliphatic heterocycles. The molecule has 0 radical (unpaired) electrons. The summed E-state index contributed by atoms with van der Waals surface area (Å²) in [5, 5.41) is 11.5. The van der Waals surface area contributed by atoms with Crippen molar-refractivity contribution in [2.75, 3.05) is 6.61 Å². The van der Waals surface area contributed by atoms with Crippen LogP contribution in [0.2, 0.25) is 0 Å². The first-order valence-electron chi connectivity index (χ1n) is 6.82. The van der Waals surface area contributed by atoms with Gasteiger partial charge in [0, 0.05) is 6.21 Å². The number of aliphatic imine (C=N–C) groups is 1. The fourth-order valence-electron chi connectivity index (χ4n) is 1.69. The van der Waals surface area contributed by atoms with Crippen molar-refractivity contribution < 1.29 is 9.84 Å². The van der Waals surface area contributed by atoms with Gasteiger partial charge in [0.05, 0.1) is 12.3 Å². The van der Waals surface area contributed by atoms with E-state index in [1.807, 2.05) is 24.3 Å². The van der Waals surface area contributed by atoms with E-state index in [9.17, 15) is 5.11 Å². The number of benzene rings is 2. The van der Waals surface area contributed by atoms with E-state index in [1.165, 1.54) is 6.07 Å². The zero-order valence-electron chi connectivity index (χ0n) is 11.6. The lowest BCUT2D eigenvalue weighted by Crippen LogP contribution is -1.96. The van der Waals surface area contributed by atoms with E-state index >= 15 is 0 Å². The highest BCUT2D eigenvalue weighted by Crippen LogP contribution is 2.22. The largest absolute Gasteiger partial charge is 0.871 e. The molecule has 20 heavy (non-hydrogen) atoms. The molecule has 0 unspecified atom stereocenters. The Kier molecular flexibility index (Phi) is 5.18. The van der Waals surface area contributed by atoms with Crippen LogP contribution in [0.15, 0.2) is 53.5 Å². The standard InChI is InChI=1S/C17H19NO2/c1-2-3-12-20-15-10-8-14(9-11-15)13-18-16-6-4-5-7-17(16)19/h4-11,13,19H,2-3,12H2,1H3/p-1. The zero-order valence-corrected chi connectivity index (χ0v) is 11.6. The molecule has 0 fully saturated rings. The number of hydrogen-bond acceptors (Lipinski definition) is 3. The van der Waals surface area contributed by atoms with Crippen LogP contribution in [0.5, 0.6) is 11.5 Å². The van der Waals surface area contributed by atoms with Crippen molar-refractivity contribution in [3.63, 3.8) is 0 Å². The summed E-state index contributed by atoms with van der Waals surface area (Å²) in [4.78, 5) is 4.20. The minimum Gasteiger partial charge on any atom is -0.871 e. The van der Waals surface area contributed by atoms with Crippen LogP contribution < -0.4 is 9.84 Å². The second-order valence-electron chi connectivity index (χ2n) is 4.50. The maximum Gasteiger partial charge on any atom is 0.119 e. The molecule has 0 saturated carbocycles. The molecule has 3 heteroatoms. The van der Waals surface area contributed by atoms with Crippen molar-refractivity contribution in [2.45, 2.75) is 19.8 Å². The molecule has 0 N–H and O–H groups in total. The summed E-state index contributed by atoms with van der Waals surface area (Å²) < 4.78 is 5.59. The van der Waals surface area contributed by atoms with E-state index in [-0.39, 0.29) is 5.75 Å². The van der Waals surface area contributed by atoms with E-state index < -0.39 is 0 Å². The first-order chi connectivity index (χ1) is 9.79. The molecule has 104 valence electrons. The number of rotatable bonds is 6. The third kappa shape index (κ3) is 4.12. The van der Waals surface area contributed by atoms with Gasteiger partial charge in [-0.3, -0.25) is 4.99 Å². The second kappa shape index (κ2) is 7.34. The van der Waals surface area contributed by atoms with Crippen LogP contribution in [0.4, 0.5) is 5.69 Å². The van der Waals surface area contributed by atoms with Crippen molar-refractivity contribution in [3.05, 3.63) is 54.1 Å². The average molecular weight is 268 g/mol. The molecule has 2 aromatic rings.